The Kier molecular flexibility index (Phi) is 5.48. The second-order valence-corrected chi connectivity index (χ2v) is 7.47. The van der Waals surface area contributed by atoms with Gasteiger partial charge < -0.3 is 4.74 Å². The molecule has 2 nitrogen and oxygen atoms in total. The van der Waals surface area contributed by atoms with Crippen LogP contribution in [0, 0.1) is 5.92 Å². The molecule has 0 saturated heterocycles. The summed E-state index contributed by atoms with van der Waals surface area (Å²) in [5, 5.41) is 0.868. The quantitative estimate of drug-likeness (QED) is 0.552. The lowest BCUT2D eigenvalue weighted by atomic mass is 9.75. The minimum atomic E-state index is -0.404. The van der Waals surface area contributed by atoms with E-state index >= 15 is 0 Å². The minimum Gasteiger partial charge on any atom is -0.460 e. The standard InChI is InChI=1S/C18H25BrO2/c1-18(2,3)21-17(20)16-7-5-4-6-15(16)14-10-8-13(12-19)9-11-14/h8-11,15-16H,4-7,12H2,1-3H3/t15-,16+/m1/s1. The van der Waals surface area contributed by atoms with Crippen molar-refractivity contribution in [2.75, 3.05) is 0 Å². The fraction of sp³-hybridized carbons (Fsp3) is 0.611. The summed E-state index contributed by atoms with van der Waals surface area (Å²) in [5.41, 5.74) is 2.14. The number of hydrogen-bond acceptors (Lipinski definition) is 2. The van der Waals surface area contributed by atoms with Gasteiger partial charge in [0.1, 0.15) is 5.60 Å². The maximum Gasteiger partial charge on any atom is 0.310 e. The summed E-state index contributed by atoms with van der Waals surface area (Å²) in [7, 11) is 0. The molecule has 3 heteroatoms. The SMILES string of the molecule is CC(C)(C)OC(=O)[C@H]1CCCC[C@@H]1c1ccc(CBr)cc1. The number of ether oxygens (including phenoxy) is 1. The van der Waals surface area contributed by atoms with Crippen molar-refractivity contribution in [2.45, 2.75) is 63.3 Å². The van der Waals surface area contributed by atoms with Gasteiger partial charge in [0.05, 0.1) is 5.92 Å². The van der Waals surface area contributed by atoms with E-state index in [0.29, 0.717) is 5.92 Å². The Hall–Kier alpha value is -0.830. The van der Waals surface area contributed by atoms with Crippen molar-refractivity contribution in [2.24, 2.45) is 5.92 Å². The third-order valence-corrected chi connectivity index (χ3v) is 4.69. The molecule has 1 aromatic rings. The number of benzene rings is 1. The molecule has 0 unspecified atom stereocenters. The molecule has 1 aliphatic carbocycles. The van der Waals surface area contributed by atoms with Gasteiger partial charge in [0, 0.05) is 5.33 Å². The maximum absolute atomic E-state index is 12.5. The van der Waals surface area contributed by atoms with Gasteiger partial charge in [-0.15, -0.1) is 0 Å². The summed E-state index contributed by atoms with van der Waals surface area (Å²) in [4.78, 5) is 12.5. The average Bonchev–Trinajstić information content (AvgIpc) is 2.45. The molecule has 1 fully saturated rings. The van der Waals surface area contributed by atoms with Gasteiger partial charge in [-0.3, -0.25) is 4.79 Å². The lowest BCUT2D eigenvalue weighted by Crippen LogP contribution is -2.33. The molecule has 0 amide bonds. The van der Waals surface area contributed by atoms with E-state index < -0.39 is 5.60 Å². The van der Waals surface area contributed by atoms with Gasteiger partial charge in [-0.2, -0.15) is 0 Å². The Morgan fingerprint density at radius 2 is 1.81 bits per heavy atom. The Morgan fingerprint density at radius 1 is 1.19 bits per heavy atom. The highest BCUT2D eigenvalue weighted by Gasteiger charge is 2.34. The molecule has 2 rings (SSSR count). The Labute approximate surface area is 136 Å². The van der Waals surface area contributed by atoms with Crippen LogP contribution in [0.2, 0.25) is 0 Å². The second kappa shape index (κ2) is 6.95. The first kappa shape index (κ1) is 16.5. The molecule has 0 bridgehead atoms. The third-order valence-electron chi connectivity index (χ3n) is 4.04. The number of rotatable bonds is 3. The van der Waals surface area contributed by atoms with Gasteiger partial charge in [-0.1, -0.05) is 53.0 Å². The number of carbonyl (C=O) groups is 1. The largest absolute Gasteiger partial charge is 0.460 e. The molecular formula is C18H25BrO2. The van der Waals surface area contributed by atoms with Crippen LogP contribution in [0.1, 0.15) is 63.5 Å². The molecule has 1 aliphatic rings. The van der Waals surface area contributed by atoms with Crippen LogP contribution in [0.3, 0.4) is 0 Å². The normalized spacial score (nSPS) is 22.9. The van der Waals surface area contributed by atoms with Crippen LogP contribution in [0.15, 0.2) is 24.3 Å². The van der Waals surface area contributed by atoms with Gasteiger partial charge in [0.2, 0.25) is 0 Å². The molecule has 0 N–H and O–H groups in total. The van der Waals surface area contributed by atoms with Gasteiger partial charge in [-0.05, 0) is 50.7 Å². The molecule has 21 heavy (non-hydrogen) atoms. The fourth-order valence-corrected chi connectivity index (χ4v) is 3.42. The molecule has 0 radical (unpaired) electrons. The van der Waals surface area contributed by atoms with E-state index in [9.17, 15) is 4.79 Å². The first-order chi connectivity index (χ1) is 9.90. The van der Waals surface area contributed by atoms with E-state index in [1.807, 2.05) is 20.8 Å². The van der Waals surface area contributed by atoms with Crippen LogP contribution < -0.4 is 0 Å². The van der Waals surface area contributed by atoms with Gasteiger partial charge in [-0.25, -0.2) is 0 Å². The topological polar surface area (TPSA) is 26.3 Å². The van der Waals surface area contributed by atoms with Crippen molar-refractivity contribution < 1.29 is 9.53 Å². The molecule has 0 heterocycles. The lowest BCUT2D eigenvalue weighted by Gasteiger charge is -2.32. The zero-order valence-electron chi connectivity index (χ0n) is 13.2. The average molecular weight is 353 g/mol. The number of alkyl halides is 1. The fourth-order valence-electron chi connectivity index (χ4n) is 3.04. The minimum absolute atomic E-state index is 0.00722. The summed E-state index contributed by atoms with van der Waals surface area (Å²) in [6.07, 6.45) is 4.35. The van der Waals surface area contributed by atoms with Gasteiger partial charge in [0.15, 0.2) is 0 Å². The Balaban J connectivity index is 2.16. The Bertz CT molecular complexity index is 473. The zero-order valence-corrected chi connectivity index (χ0v) is 14.8. The van der Waals surface area contributed by atoms with E-state index in [4.69, 9.17) is 4.74 Å². The number of halogens is 1. The van der Waals surface area contributed by atoms with Crippen LogP contribution in [0.4, 0.5) is 0 Å². The van der Waals surface area contributed by atoms with E-state index in [1.54, 1.807) is 0 Å². The molecule has 2 atom stereocenters. The summed E-state index contributed by atoms with van der Waals surface area (Å²) in [5.74, 6) is 0.280. The smallest absolute Gasteiger partial charge is 0.310 e. The molecule has 116 valence electrons. The van der Waals surface area contributed by atoms with Crippen LogP contribution >= 0.6 is 15.9 Å². The first-order valence-electron chi connectivity index (χ1n) is 7.78. The predicted molar refractivity (Wildman–Crippen MR) is 89.6 cm³/mol. The molecule has 0 aliphatic heterocycles. The van der Waals surface area contributed by atoms with Gasteiger partial charge in [0.25, 0.3) is 0 Å². The summed E-state index contributed by atoms with van der Waals surface area (Å²) in [6, 6.07) is 8.63. The third kappa shape index (κ3) is 4.57. The highest BCUT2D eigenvalue weighted by molar-refractivity contribution is 9.08. The van der Waals surface area contributed by atoms with E-state index in [1.165, 1.54) is 17.5 Å². The number of carbonyl (C=O) groups excluding carboxylic acids is 1. The first-order valence-corrected chi connectivity index (χ1v) is 8.90. The number of esters is 1. The summed E-state index contributed by atoms with van der Waals surface area (Å²) in [6.45, 7) is 5.81. The van der Waals surface area contributed by atoms with E-state index in [0.717, 1.165) is 24.6 Å². The monoisotopic (exact) mass is 352 g/mol. The zero-order chi connectivity index (χ0) is 15.5. The number of hydrogen-bond donors (Lipinski definition) is 0. The lowest BCUT2D eigenvalue weighted by molar-refractivity contribution is -0.161. The van der Waals surface area contributed by atoms with Crippen molar-refractivity contribution in [3.8, 4) is 0 Å². The van der Waals surface area contributed by atoms with Gasteiger partial charge >= 0.3 is 5.97 Å². The molecule has 1 saturated carbocycles. The van der Waals surface area contributed by atoms with Crippen LogP contribution in [0.25, 0.3) is 0 Å². The van der Waals surface area contributed by atoms with Crippen molar-refractivity contribution in [3.63, 3.8) is 0 Å². The molecular weight excluding hydrogens is 328 g/mol. The van der Waals surface area contributed by atoms with Crippen LogP contribution in [-0.4, -0.2) is 11.6 Å². The van der Waals surface area contributed by atoms with Crippen LogP contribution in [0.5, 0.6) is 0 Å². The Morgan fingerprint density at radius 3 is 2.38 bits per heavy atom. The van der Waals surface area contributed by atoms with Crippen molar-refractivity contribution in [1.29, 1.82) is 0 Å². The maximum atomic E-state index is 12.5. The molecule has 0 spiro atoms. The molecule has 0 aromatic heterocycles. The molecule has 1 aromatic carbocycles. The van der Waals surface area contributed by atoms with Crippen molar-refractivity contribution in [1.82, 2.24) is 0 Å². The van der Waals surface area contributed by atoms with E-state index in [2.05, 4.69) is 40.2 Å². The second-order valence-electron chi connectivity index (χ2n) is 6.91. The summed E-state index contributed by atoms with van der Waals surface area (Å²) < 4.78 is 5.63. The highest BCUT2D eigenvalue weighted by Crippen LogP contribution is 2.39. The highest BCUT2D eigenvalue weighted by atomic mass is 79.9. The van der Waals surface area contributed by atoms with Crippen molar-refractivity contribution in [3.05, 3.63) is 35.4 Å². The van der Waals surface area contributed by atoms with Crippen molar-refractivity contribution >= 4 is 21.9 Å². The predicted octanol–water partition coefficient (Wildman–Crippen LogP) is 5.20. The van der Waals surface area contributed by atoms with Crippen LogP contribution in [-0.2, 0) is 14.9 Å². The van der Waals surface area contributed by atoms with E-state index in [-0.39, 0.29) is 11.9 Å². The summed E-state index contributed by atoms with van der Waals surface area (Å²) >= 11 is 3.47.